The molecule has 4 rings (SSSR count). The van der Waals surface area contributed by atoms with Crippen LogP contribution in [0.1, 0.15) is 39.2 Å². The van der Waals surface area contributed by atoms with E-state index in [2.05, 4.69) is 17.6 Å². The van der Waals surface area contributed by atoms with E-state index in [9.17, 15) is 19.5 Å². The highest BCUT2D eigenvalue weighted by atomic mass is 32.2. The summed E-state index contributed by atoms with van der Waals surface area (Å²) < 4.78 is -0.663. The summed E-state index contributed by atoms with van der Waals surface area (Å²) >= 11 is 1.66. The summed E-state index contributed by atoms with van der Waals surface area (Å²) in [5.41, 5.74) is 0.983. The second kappa shape index (κ2) is 9.29. The lowest BCUT2D eigenvalue weighted by Crippen LogP contribution is -2.58. The van der Waals surface area contributed by atoms with Crippen molar-refractivity contribution in [2.75, 3.05) is 13.7 Å². The maximum Gasteiger partial charge on any atom is 0.244 e. The Labute approximate surface area is 200 Å². The molecular weight excluding hydrogens is 438 g/mol. The number of aliphatic hydroxyl groups is 1. The van der Waals surface area contributed by atoms with Gasteiger partial charge in [-0.2, -0.15) is 0 Å². The van der Waals surface area contributed by atoms with Crippen molar-refractivity contribution in [1.82, 2.24) is 15.5 Å². The lowest BCUT2D eigenvalue weighted by Gasteiger charge is -2.40. The fraction of sp³-hybridized carbons (Fsp3) is 0.640. The number of amides is 3. The van der Waals surface area contributed by atoms with E-state index in [0.717, 1.165) is 12.0 Å². The molecule has 0 saturated carbocycles. The van der Waals surface area contributed by atoms with Crippen molar-refractivity contribution in [2.24, 2.45) is 23.7 Å². The third kappa shape index (κ3) is 3.85. The van der Waals surface area contributed by atoms with Crippen molar-refractivity contribution in [3.8, 4) is 0 Å². The third-order valence-electron chi connectivity index (χ3n) is 7.64. The van der Waals surface area contributed by atoms with E-state index in [-0.39, 0.29) is 41.4 Å². The second-order valence-electron chi connectivity index (χ2n) is 10.1. The zero-order valence-corrected chi connectivity index (χ0v) is 20.6. The van der Waals surface area contributed by atoms with Gasteiger partial charge in [-0.3, -0.25) is 14.4 Å². The van der Waals surface area contributed by atoms with Gasteiger partial charge in [0.15, 0.2) is 0 Å². The molecule has 3 aliphatic heterocycles. The number of nitrogens with zero attached hydrogens (tertiary/aromatic N) is 1. The van der Waals surface area contributed by atoms with E-state index in [1.54, 1.807) is 23.7 Å². The van der Waals surface area contributed by atoms with Crippen molar-refractivity contribution in [3.05, 3.63) is 35.9 Å². The van der Waals surface area contributed by atoms with Gasteiger partial charge < -0.3 is 20.6 Å². The van der Waals surface area contributed by atoms with Crippen molar-refractivity contribution < 1.29 is 19.5 Å². The molecule has 0 radical (unpaired) electrons. The number of thioether (sulfide) groups is 1. The minimum Gasteiger partial charge on any atom is -0.394 e. The van der Waals surface area contributed by atoms with Gasteiger partial charge in [0.25, 0.3) is 0 Å². The highest BCUT2D eigenvalue weighted by Crippen LogP contribution is 2.68. The zero-order chi connectivity index (χ0) is 23.9. The molecule has 8 heteroatoms. The Morgan fingerprint density at radius 2 is 1.94 bits per heavy atom. The Kier molecular flexibility index (Phi) is 6.78. The molecular formula is C25H35N3O4S. The molecule has 180 valence electrons. The van der Waals surface area contributed by atoms with Gasteiger partial charge in [-0.1, -0.05) is 51.1 Å². The van der Waals surface area contributed by atoms with Gasteiger partial charge in [0.2, 0.25) is 17.7 Å². The molecule has 3 fully saturated rings. The van der Waals surface area contributed by atoms with Crippen LogP contribution in [0.4, 0.5) is 0 Å². The van der Waals surface area contributed by atoms with Gasteiger partial charge in [0.1, 0.15) is 6.04 Å². The lowest BCUT2D eigenvalue weighted by molar-refractivity contribution is -0.143. The minimum atomic E-state index is -0.714. The second-order valence-corrected chi connectivity index (χ2v) is 11.6. The van der Waals surface area contributed by atoms with Crippen LogP contribution in [0.3, 0.4) is 0 Å². The molecule has 3 N–H and O–H groups in total. The fourth-order valence-electron chi connectivity index (χ4n) is 6.32. The molecule has 3 unspecified atom stereocenters. The first-order chi connectivity index (χ1) is 15.8. The predicted octanol–water partition coefficient (Wildman–Crippen LogP) is 1.79. The largest absolute Gasteiger partial charge is 0.394 e. The molecule has 3 aliphatic rings. The summed E-state index contributed by atoms with van der Waals surface area (Å²) in [4.78, 5) is 42.3. The number of likely N-dealkylation sites (tertiary alicyclic amines) is 1. The summed E-state index contributed by atoms with van der Waals surface area (Å²) in [5.74, 6) is -1.13. The van der Waals surface area contributed by atoms with E-state index >= 15 is 0 Å². The quantitative estimate of drug-likeness (QED) is 0.535. The summed E-state index contributed by atoms with van der Waals surface area (Å²) in [6, 6.07) is 8.52. The molecule has 2 bridgehead atoms. The summed E-state index contributed by atoms with van der Waals surface area (Å²) in [5, 5.41) is 16.1. The standard InChI is InChI=1S/C25H35N3O4S/c1-14(2)10-17(13-29)28-21(23(31)27-12-16-8-6-5-7-9-16)25-15(3)11-18(33-25)19(22(30)26-4)20(25)24(28)32/h5-9,14-15,17-21,29H,10-13H2,1-4H3,(H,26,30)(H,27,31)/t15?,17-,18-,19+,20+,21?,25?/m1/s1. The fourth-order valence-corrected chi connectivity index (χ4v) is 8.73. The number of hydrogen-bond donors (Lipinski definition) is 3. The van der Waals surface area contributed by atoms with Gasteiger partial charge in [-0.15, -0.1) is 11.8 Å². The van der Waals surface area contributed by atoms with Gasteiger partial charge in [0.05, 0.1) is 29.2 Å². The number of carbonyl (C=O) groups is 3. The SMILES string of the molecule is CNC(=O)[C@@H]1[C@H]2C(=O)N([C@@H](CO)CC(C)C)C(C(=O)NCc3ccccc3)C23S[C@@H]1CC3C. The van der Waals surface area contributed by atoms with Crippen molar-refractivity contribution in [3.63, 3.8) is 0 Å². The molecule has 7 nitrogen and oxygen atoms in total. The number of fused-ring (bicyclic) bond motifs is 1. The van der Waals surface area contributed by atoms with Gasteiger partial charge >= 0.3 is 0 Å². The monoisotopic (exact) mass is 473 g/mol. The van der Waals surface area contributed by atoms with E-state index in [1.807, 2.05) is 44.2 Å². The first-order valence-corrected chi connectivity index (χ1v) is 12.8. The molecule has 7 atom stereocenters. The van der Waals surface area contributed by atoms with Crippen LogP contribution in [0.25, 0.3) is 0 Å². The molecule has 3 heterocycles. The van der Waals surface area contributed by atoms with Crippen LogP contribution < -0.4 is 10.6 Å². The summed E-state index contributed by atoms with van der Waals surface area (Å²) in [6.07, 6.45) is 1.40. The Bertz CT molecular complexity index is 910. The normalized spacial score (nSPS) is 33.3. The molecule has 0 aromatic heterocycles. The average Bonchev–Trinajstić information content (AvgIpc) is 3.39. The maximum atomic E-state index is 14.0. The number of rotatable bonds is 8. The predicted molar refractivity (Wildman–Crippen MR) is 128 cm³/mol. The summed E-state index contributed by atoms with van der Waals surface area (Å²) in [7, 11) is 1.60. The molecule has 3 saturated heterocycles. The number of hydrogen-bond acceptors (Lipinski definition) is 5. The highest BCUT2D eigenvalue weighted by Gasteiger charge is 2.76. The summed E-state index contributed by atoms with van der Waals surface area (Å²) in [6.45, 7) is 6.35. The first kappa shape index (κ1) is 24.1. The first-order valence-electron chi connectivity index (χ1n) is 11.9. The van der Waals surface area contributed by atoms with Crippen LogP contribution >= 0.6 is 11.8 Å². The Morgan fingerprint density at radius 3 is 2.55 bits per heavy atom. The van der Waals surface area contributed by atoms with Crippen LogP contribution in [0.5, 0.6) is 0 Å². The highest BCUT2D eigenvalue weighted by molar-refractivity contribution is 8.02. The van der Waals surface area contributed by atoms with Crippen LogP contribution in [0, 0.1) is 23.7 Å². The maximum absolute atomic E-state index is 14.0. The van der Waals surface area contributed by atoms with Crippen LogP contribution in [-0.4, -0.2) is 63.5 Å². The van der Waals surface area contributed by atoms with Gasteiger partial charge in [-0.25, -0.2) is 0 Å². The van der Waals surface area contributed by atoms with Gasteiger partial charge in [-0.05, 0) is 30.2 Å². The number of benzene rings is 1. The van der Waals surface area contributed by atoms with Gasteiger partial charge in [0, 0.05) is 18.8 Å². The molecule has 33 heavy (non-hydrogen) atoms. The van der Waals surface area contributed by atoms with Crippen LogP contribution in [0.2, 0.25) is 0 Å². The Hall–Kier alpha value is -2.06. The van der Waals surface area contributed by atoms with E-state index in [4.69, 9.17) is 0 Å². The molecule has 1 aromatic carbocycles. The molecule has 0 aliphatic carbocycles. The minimum absolute atomic E-state index is 0.0261. The Balaban J connectivity index is 1.73. The molecule has 1 spiro atoms. The zero-order valence-electron chi connectivity index (χ0n) is 19.8. The lowest BCUT2D eigenvalue weighted by atomic mass is 9.66. The van der Waals surface area contributed by atoms with Crippen LogP contribution in [0.15, 0.2) is 30.3 Å². The van der Waals surface area contributed by atoms with Crippen molar-refractivity contribution in [2.45, 2.75) is 62.2 Å². The van der Waals surface area contributed by atoms with Crippen molar-refractivity contribution in [1.29, 1.82) is 0 Å². The smallest absolute Gasteiger partial charge is 0.244 e. The number of aliphatic hydroxyl groups excluding tert-OH is 1. The van der Waals surface area contributed by atoms with E-state index in [1.165, 1.54) is 0 Å². The Morgan fingerprint density at radius 1 is 1.24 bits per heavy atom. The van der Waals surface area contributed by atoms with Crippen LogP contribution in [-0.2, 0) is 20.9 Å². The average molecular weight is 474 g/mol. The number of carbonyl (C=O) groups excluding carboxylic acids is 3. The molecule has 3 amide bonds. The third-order valence-corrected chi connectivity index (χ3v) is 9.71. The molecule has 1 aromatic rings. The topological polar surface area (TPSA) is 98.7 Å². The van der Waals surface area contributed by atoms with E-state index in [0.29, 0.717) is 13.0 Å². The van der Waals surface area contributed by atoms with Crippen molar-refractivity contribution >= 4 is 29.5 Å². The number of nitrogens with one attached hydrogen (secondary N) is 2. The van der Waals surface area contributed by atoms with E-state index < -0.39 is 28.7 Å².